The highest BCUT2D eigenvalue weighted by Crippen LogP contribution is 2.09. The van der Waals surface area contributed by atoms with Crippen LogP contribution >= 0.6 is 0 Å². The zero-order valence-electron chi connectivity index (χ0n) is 7.01. The van der Waals surface area contributed by atoms with Gasteiger partial charge in [0.25, 0.3) is 0 Å². The molecular weight excluding hydrogens is 168 g/mol. The summed E-state index contributed by atoms with van der Waals surface area (Å²) in [5.74, 6) is 0.611. The molecule has 0 aliphatic rings. The number of hydrogen-bond donors (Lipinski definition) is 2. The number of aliphatic hydroxyl groups excluding tert-OH is 1. The molecule has 0 spiro atoms. The lowest BCUT2D eigenvalue weighted by Gasteiger charge is -1.92. The Bertz CT molecular complexity index is 423. The van der Waals surface area contributed by atoms with E-state index in [9.17, 15) is 0 Å². The molecule has 0 amide bonds. The van der Waals surface area contributed by atoms with E-state index in [0.717, 1.165) is 0 Å². The molecule has 13 heavy (non-hydrogen) atoms. The third-order valence-electron chi connectivity index (χ3n) is 1.77. The number of nitrogen functional groups attached to an aromatic ring is 1. The maximum atomic E-state index is 8.69. The number of nitrogens with zero attached hydrogens (tertiary/aromatic N) is 3. The van der Waals surface area contributed by atoms with Gasteiger partial charge in [0.05, 0.1) is 12.3 Å². The lowest BCUT2D eigenvalue weighted by Crippen LogP contribution is -1.93. The van der Waals surface area contributed by atoms with Crippen LogP contribution in [0.2, 0.25) is 0 Å². The van der Waals surface area contributed by atoms with Crippen molar-refractivity contribution in [2.24, 2.45) is 0 Å². The van der Waals surface area contributed by atoms with E-state index in [4.69, 9.17) is 10.8 Å². The third kappa shape index (κ3) is 1.33. The van der Waals surface area contributed by atoms with Crippen LogP contribution in [0, 0.1) is 0 Å². The first-order chi connectivity index (χ1) is 6.31. The second-order valence-electron chi connectivity index (χ2n) is 2.73. The lowest BCUT2D eigenvalue weighted by molar-refractivity contribution is 0.296. The molecule has 5 nitrogen and oxygen atoms in total. The van der Waals surface area contributed by atoms with Gasteiger partial charge in [0, 0.05) is 12.6 Å². The minimum absolute atomic E-state index is 0.0524. The molecule has 0 unspecified atom stereocenters. The molecule has 0 radical (unpaired) electrons. The van der Waals surface area contributed by atoms with Crippen LogP contribution in [0.25, 0.3) is 5.65 Å². The highest BCUT2D eigenvalue weighted by atomic mass is 16.3. The van der Waals surface area contributed by atoms with E-state index in [0.29, 0.717) is 23.6 Å². The number of rotatable bonds is 2. The quantitative estimate of drug-likeness (QED) is 0.670. The molecule has 5 heteroatoms. The number of nitrogens with two attached hydrogens (primary N) is 1. The number of aromatic nitrogens is 3. The van der Waals surface area contributed by atoms with E-state index in [1.807, 2.05) is 0 Å². The molecule has 2 heterocycles. The standard InChI is InChI=1S/C8H10N4O/c9-6-2-1-4-12-8(6)10-7(11-12)3-5-13/h1-2,4,13H,3,5,9H2. The number of fused-ring (bicyclic) bond motifs is 1. The van der Waals surface area contributed by atoms with Crippen molar-refractivity contribution < 1.29 is 5.11 Å². The zero-order chi connectivity index (χ0) is 9.26. The van der Waals surface area contributed by atoms with Gasteiger partial charge in [-0.05, 0) is 12.1 Å². The van der Waals surface area contributed by atoms with Crippen LogP contribution in [0.4, 0.5) is 5.69 Å². The average molecular weight is 178 g/mol. The van der Waals surface area contributed by atoms with Crippen molar-refractivity contribution in [3.63, 3.8) is 0 Å². The van der Waals surface area contributed by atoms with Crippen molar-refractivity contribution in [1.29, 1.82) is 0 Å². The van der Waals surface area contributed by atoms with Crippen molar-refractivity contribution in [2.45, 2.75) is 6.42 Å². The monoisotopic (exact) mass is 178 g/mol. The Morgan fingerprint density at radius 1 is 1.54 bits per heavy atom. The predicted molar refractivity (Wildman–Crippen MR) is 48.2 cm³/mol. The Morgan fingerprint density at radius 3 is 3.08 bits per heavy atom. The van der Waals surface area contributed by atoms with Crippen molar-refractivity contribution in [1.82, 2.24) is 14.6 Å². The van der Waals surface area contributed by atoms with Crippen LogP contribution in [-0.2, 0) is 6.42 Å². The Balaban J connectivity index is 2.55. The molecule has 0 saturated carbocycles. The summed E-state index contributed by atoms with van der Waals surface area (Å²) in [4.78, 5) is 4.17. The lowest BCUT2D eigenvalue weighted by atomic mass is 10.4. The minimum Gasteiger partial charge on any atom is -0.396 e. The first kappa shape index (κ1) is 8.00. The van der Waals surface area contributed by atoms with Crippen LogP contribution in [0.15, 0.2) is 18.3 Å². The largest absolute Gasteiger partial charge is 0.396 e. The molecule has 0 fully saturated rings. The summed E-state index contributed by atoms with van der Waals surface area (Å²) < 4.78 is 1.61. The van der Waals surface area contributed by atoms with Gasteiger partial charge in [0.2, 0.25) is 0 Å². The second-order valence-corrected chi connectivity index (χ2v) is 2.73. The summed E-state index contributed by atoms with van der Waals surface area (Å²) in [6.45, 7) is 0.0524. The molecule has 2 rings (SSSR count). The van der Waals surface area contributed by atoms with E-state index in [2.05, 4.69) is 10.1 Å². The molecule has 0 atom stereocenters. The van der Waals surface area contributed by atoms with Gasteiger partial charge in [0.15, 0.2) is 11.5 Å². The molecule has 0 saturated heterocycles. The van der Waals surface area contributed by atoms with Crippen LogP contribution < -0.4 is 5.73 Å². The van der Waals surface area contributed by atoms with Crippen molar-refractivity contribution in [3.05, 3.63) is 24.2 Å². The van der Waals surface area contributed by atoms with Gasteiger partial charge in [-0.2, -0.15) is 5.10 Å². The Kier molecular flexibility index (Phi) is 1.86. The summed E-state index contributed by atoms with van der Waals surface area (Å²) >= 11 is 0. The van der Waals surface area contributed by atoms with E-state index in [1.165, 1.54) is 0 Å². The first-order valence-electron chi connectivity index (χ1n) is 4.02. The van der Waals surface area contributed by atoms with E-state index in [-0.39, 0.29) is 6.61 Å². The molecule has 0 aromatic carbocycles. The Labute approximate surface area is 74.8 Å². The van der Waals surface area contributed by atoms with Crippen LogP contribution in [0.3, 0.4) is 0 Å². The fraction of sp³-hybridized carbons (Fsp3) is 0.250. The highest BCUT2D eigenvalue weighted by molar-refractivity contribution is 5.63. The summed E-state index contributed by atoms with van der Waals surface area (Å²) in [5.41, 5.74) is 6.92. The Morgan fingerprint density at radius 2 is 2.38 bits per heavy atom. The van der Waals surface area contributed by atoms with Gasteiger partial charge in [-0.3, -0.25) is 0 Å². The van der Waals surface area contributed by atoms with Crippen molar-refractivity contribution in [2.75, 3.05) is 12.3 Å². The van der Waals surface area contributed by atoms with E-state index in [1.54, 1.807) is 22.8 Å². The maximum absolute atomic E-state index is 8.69. The number of anilines is 1. The zero-order valence-corrected chi connectivity index (χ0v) is 7.01. The predicted octanol–water partition coefficient (Wildman–Crippen LogP) is -0.154. The van der Waals surface area contributed by atoms with Gasteiger partial charge in [-0.15, -0.1) is 0 Å². The number of hydrogen-bond acceptors (Lipinski definition) is 4. The third-order valence-corrected chi connectivity index (χ3v) is 1.77. The highest BCUT2D eigenvalue weighted by Gasteiger charge is 2.04. The molecule has 2 aromatic heterocycles. The summed E-state index contributed by atoms with van der Waals surface area (Å²) in [7, 11) is 0. The molecule has 2 aromatic rings. The number of pyridine rings is 1. The SMILES string of the molecule is Nc1cccn2nc(CCO)nc12. The molecule has 0 aliphatic carbocycles. The summed E-state index contributed by atoms with van der Waals surface area (Å²) in [5, 5.41) is 12.8. The van der Waals surface area contributed by atoms with Crippen LogP contribution in [-0.4, -0.2) is 26.3 Å². The number of aliphatic hydroxyl groups is 1. The molecule has 0 bridgehead atoms. The molecule has 0 aliphatic heterocycles. The Hall–Kier alpha value is -1.62. The fourth-order valence-electron chi connectivity index (χ4n) is 1.18. The van der Waals surface area contributed by atoms with Crippen LogP contribution in [0.1, 0.15) is 5.82 Å². The van der Waals surface area contributed by atoms with Gasteiger partial charge in [-0.25, -0.2) is 9.50 Å². The van der Waals surface area contributed by atoms with E-state index >= 15 is 0 Å². The normalized spacial score (nSPS) is 10.8. The van der Waals surface area contributed by atoms with Gasteiger partial charge in [-0.1, -0.05) is 0 Å². The first-order valence-corrected chi connectivity index (χ1v) is 4.02. The average Bonchev–Trinajstić information content (AvgIpc) is 2.49. The van der Waals surface area contributed by atoms with Gasteiger partial charge < -0.3 is 10.8 Å². The molecular formula is C8H10N4O. The van der Waals surface area contributed by atoms with Crippen LogP contribution in [0.5, 0.6) is 0 Å². The fourth-order valence-corrected chi connectivity index (χ4v) is 1.18. The van der Waals surface area contributed by atoms with E-state index < -0.39 is 0 Å². The topological polar surface area (TPSA) is 76.4 Å². The van der Waals surface area contributed by atoms with Gasteiger partial charge >= 0.3 is 0 Å². The second kappa shape index (κ2) is 3.02. The van der Waals surface area contributed by atoms with Crippen molar-refractivity contribution >= 4 is 11.3 Å². The smallest absolute Gasteiger partial charge is 0.178 e. The molecule has 3 N–H and O–H groups in total. The van der Waals surface area contributed by atoms with Crippen molar-refractivity contribution in [3.8, 4) is 0 Å². The maximum Gasteiger partial charge on any atom is 0.178 e. The summed E-state index contributed by atoms with van der Waals surface area (Å²) in [6, 6.07) is 3.58. The minimum atomic E-state index is 0.0524. The van der Waals surface area contributed by atoms with Gasteiger partial charge in [0.1, 0.15) is 0 Å². The molecule has 68 valence electrons. The summed E-state index contributed by atoms with van der Waals surface area (Å²) in [6.07, 6.45) is 2.24.